The summed E-state index contributed by atoms with van der Waals surface area (Å²) < 4.78 is 52.2. The van der Waals surface area contributed by atoms with Gasteiger partial charge in [0.25, 0.3) is 15.7 Å². The molecule has 208 valence electrons. The standard InChI is InChI=1S/C24H39N3O8SSi/c1-15(2)10-11-32-13-18-24(17(25)14-36(30,31)35-24)19(34-37(8,9)23(4,5)6)21(33-18)27-12-16(3)20(28)26(7)22(27)29/h10,12,14,18-19,21H,11,13,25H2,1-9H3/t18-,19+,21-,24?/m1/s1. The Morgan fingerprint density at radius 3 is 2.41 bits per heavy atom. The van der Waals surface area contributed by atoms with Crippen LogP contribution in [0.15, 0.2) is 38.5 Å². The third-order valence-corrected chi connectivity index (χ3v) is 12.8. The fraction of sp³-hybridized carbons (Fsp3) is 0.667. The fourth-order valence-corrected chi connectivity index (χ4v) is 6.65. The molecular weight excluding hydrogens is 518 g/mol. The van der Waals surface area contributed by atoms with Gasteiger partial charge in [-0.2, -0.15) is 8.42 Å². The quantitative estimate of drug-likeness (QED) is 0.231. The Labute approximate surface area is 219 Å². The van der Waals surface area contributed by atoms with Crippen molar-refractivity contribution in [2.45, 2.75) is 83.7 Å². The number of hydrogen-bond acceptors (Lipinski definition) is 9. The molecule has 13 heteroatoms. The highest BCUT2D eigenvalue weighted by atomic mass is 32.2. The third-order valence-electron chi connectivity index (χ3n) is 7.30. The lowest BCUT2D eigenvalue weighted by molar-refractivity contribution is -0.0717. The van der Waals surface area contributed by atoms with Gasteiger partial charge in [0.15, 0.2) is 20.1 Å². The Morgan fingerprint density at radius 2 is 1.89 bits per heavy atom. The maximum atomic E-state index is 13.2. The van der Waals surface area contributed by atoms with Gasteiger partial charge in [0, 0.05) is 18.8 Å². The van der Waals surface area contributed by atoms with E-state index in [0.29, 0.717) is 5.56 Å². The molecule has 0 radical (unpaired) electrons. The number of allylic oxidation sites excluding steroid dienone is 1. The number of nitrogens with two attached hydrogens (primary N) is 1. The first-order valence-corrected chi connectivity index (χ1v) is 16.5. The largest absolute Gasteiger partial charge is 0.406 e. The lowest BCUT2D eigenvalue weighted by Crippen LogP contribution is -2.58. The molecule has 1 saturated heterocycles. The number of hydrogen-bond donors (Lipinski definition) is 1. The van der Waals surface area contributed by atoms with E-state index in [1.165, 1.54) is 17.8 Å². The second-order valence-corrected chi connectivity index (χ2v) is 17.6. The van der Waals surface area contributed by atoms with Crippen molar-refractivity contribution < 1.29 is 26.5 Å². The second-order valence-electron chi connectivity index (χ2n) is 11.4. The highest BCUT2D eigenvalue weighted by Gasteiger charge is 2.67. The summed E-state index contributed by atoms with van der Waals surface area (Å²) >= 11 is 0. The molecule has 11 nitrogen and oxygen atoms in total. The molecule has 1 spiro atoms. The van der Waals surface area contributed by atoms with Gasteiger partial charge in [-0.25, -0.2) is 8.98 Å². The molecule has 0 aromatic carbocycles. The maximum absolute atomic E-state index is 13.2. The summed E-state index contributed by atoms with van der Waals surface area (Å²) in [6.45, 7) is 15.7. The average Bonchev–Trinajstić information content (AvgIpc) is 3.18. The van der Waals surface area contributed by atoms with Crippen LogP contribution in [0.3, 0.4) is 0 Å². The van der Waals surface area contributed by atoms with E-state index in [4.69, 9.17) is 23.8 Å². The average molecular weight is 558 g/mol. The van der Waals surface area contributed by atoms with Gasteiger partial charge in [0.05, 0.1) is 24.3 Å². The van der Waals surface area contributed by atoms with Gasteiger partial charge < -0.3 is 19.6 Å². The van der Waals surface area contributed by atoms with Crippen LogP contribution in [0.1, 0.15) is 46.4 Å². The lowest BCUT2D eigenvalue weighted by atomic mass is 9.89. The van der Waals surface area contributed by atoms with Gasteiger partial charge in [-0.3, -0.25) is 13.9 Å². The number of nitrogens with zero attached hydrogens (tertiary/aromatic N) is 2. The van der Waals surface area contributed by atoms with Crippen molar-refractivity contribution in [3.8, 4) is 0 Å². The molecule has 37 heavy (non-hydrogen) atoms. The first-order valence-electron chi connectivity index (χ1n) is 12.1. The van der Waals surface area contributed by atoms with Crippen molar-refractivity contribution in [2.24, 2.45) is 12.8 Å². The molecule has 0 bridgehead atoms. The van der Waals surface area contributed by atoms with Gasteiger partial charge in [0.2, 0.25) is 0 Å². The van der Waals surface area contributed by atoms with Crippen LogP contribution in [0.5, 0.6) is 0 Å². The summed E-state index contributed by atoms with van der Waals surface area (Å²) in [5.41, 5.74) is 4.77. The molecule has 3 rings (SSSR count). The summed E-state index contributed by atoms with van der Waals surface area (Å²) in [6.07, 6.45) is -0.0516. The predicted octanol–water partition coefficient (Wildman–Crippen LogP) is 2.02. The Balaban J connectivity index is 2.23. The lowest BCUT2D eigenvalue weighted by Gasteiger charge is -2.43. The molecule has 0 aliphatic carbocycles. The molecule has 1 aromatic heterocycles. The van der Waals surface area contributed by atoms with E-state index in [1.807, 2.05) is 53.8 Å². The highest BCUT2D eigenvalue weighted by Crippen LogP contribution is 2.51. The molecule has 1 unspecified atom stereocenters. The van der Waals surface area contributed by atoms with E-state index in [2.05, 4.69) is 0 Å². The molecule has 2 N–H and O–H groups in total. The maximum Gasteiger partial charge on any atom is 0.332 e. The Bertz CT molecular complexity index is 1330. The van der Waals surface area contributed by atoms with Crippen LogP contribution in [-0.2, 0) is 35.2 Å². The van der Waals surface area contributed by atoms with Crippen LogP contribution in [0, 0.1) is 6.92 Å². The number of aromatic nitrogens is 2. The molecule has 3 heterocycles. The Kier molecular flexibility index (Phi) is 7.92. The van der Waals surface area contributed by atoms with Crippen LogP contribution in [-0.4, -0.2) is 56.9 Å². The van der Waals surface area contributed by atoms with Gasteiger partial charge in [-0.05, 0) is 38.9 Å². The van der Waals surface area contributed by atoms with E-state index in [9.17, 15) is 18.0 Å². The smallest absolute Gasteiger partial charge is 0.332 e. The number of aryl methyl sites for hydroxylation is 1. The van der Waals surface area contributed by atoms with Crippen LogP contribution in [0.25, 0.3) is 0 Å². The zero-order valence-corrected chi connectivity index (χ0v) is 24.8. The Hall–Kier alpha value is -2.03. The molecular formula is C24H39N3O8SSi. The molecule has 2 aliphatic rings. The van der Waals surface area contributed by atoms with Crippen molar-refractivity contribution in [3.63, 3.8) is 0 Å². The van der Waals surface area contributed by atoms with Gasteiger partial charge in [-0.1, -0.05) is 32.4 Å². The fourth-order valence-electron chi connectivity index (χ4n) is 4.14. The number of rotatable bonds is 7. The van der Waals surface area contributed by atoms with Crippen molar-refractivity contribution in [1.29, 1.82) is 0 Å². The first-order chi connectivity index (χ1) is 16.8. The molecule has 2 aliphatic heterocycles. The van der Waals surface area contributed by atoms with Crippen molar-refractivity contribution in [1.82, 2.24) is 9.13 Å². The molecule has 0 amide bonds. The third kappa shape index (κ3) is 5.43. The van der Waals surface area contributed by atoms with Crippen LogP contribution in [0.4, 0.5) is 0 Å². The van der Waals surface area contributed by atoms with E-state index in [0.717, 1.165) is 15.5 Å². The summed E-state index contributed by atoms with van der Waals surface area (Å²) in [5, 5.41) is 0.579. The van der Waals surface area contributed by atoms with Crippen molar-refractivity contribution in [3.05, 3.63) is 55.4 Å². The topological polar surface area (TPSA) is 141 Å². The monoisotopic (exact) mass is 557 g/mol. The minimum Gasteiger partial charge on any atom is -0.406 e. The van der Waals surface area contributed by atoms with E-state index >= 15 is 0 Å². The Morgan fingerprint density at radius 1 is 1.27 bits per heavy atom. The minimum absolute atomic E-state index is 0.0821. The SMILES string of the molecule is CC(C)=CCOC[C@H]1O[C@@H](n2cc(C)c(=O)n(C)c2=O)[C@H](O[Si](C)(C)C(C)(C)C)C12OS(=O)(=O)C=C2N. The van der Waals surface area contributed by atoms with Crippen LogP contribution < -0.4 is 17.0 Å². The highest BCUT2D eigenvalue weighted by molar-refractivity contribution is 7.90. The van der Waals surface area contributed by atoms with Crippen molar-refractivity contribution in [2.75, 3.05) is 13.2 Å². The summed E-state index contributed by atoms with van der Waals surface area (Å²) in [7, 11) is -5.42. The van der Waals surface area contributed by atoms with Crippen LogP contribution in [0.2, 0.25) is 18.1 Å². The first kappa shape index (κ1) is 29.5. The van der Waals surface area contributed by atoms with Gasteiger partial charge >= 0.3 is 5.69 Å². The van der Waals surface area contributed by atoms with Crippen molar-refractivity contribution >= 4 is 18.4 Å². The second kappa shape index (κ2) is 9.93. The van der Waals surface area contributed by atoms with E-state index in [-0.39, 0.29) is 23.9 Å². The minimum atomic E-state index is -4.17. The zero-order chi connectivity index (χ0) is 28.1. The van der Waals surface area contributed by atoms with E-state index in [1.54, 1.807) is 6.92 Å². The zero-order valence-electron chi connectivity index (χ0n) is 23.0. The van der Waals surface area contributed by atoms with Gasteiger partial charge in [0.1, 0.15) is 12.2 Å². The number of ether oxygens (including phenoxy) is 2. The van der Waals surface area contributed by atoms with E-state index < -0.39 is 53.7 Å². The normalized spacial score (nSPS) is 27.5. The van der Waals surface area contributed by atoms with Crippen LogP contribution >= 0.6 is 0 Å². The summed E-state index contributed by atoms with van der Waals surface area (Å²) in [6, 6.07) is 0. The molecule has 0 saturated carbocycles. The molecule has 4 atom stereocenters. The summed E-state index contributed by atoms with van der Waals surface area (Å²) in [4.78, 5) is 25.7. The molecule has 1 fully saturated rings. The predicted molar refractivity (Wildman–Crippen MR) is 142 cm³/mol. The van der Waals surface area contributed by atoms with Gasteiger partial charge in [-0.15, -0.1) is 0 Å². The summed E-state index contributed by atoms with van der Waals surface area (Å²) in [5.74, 6) is 0. The molecule has 1 aromatic rings.